The lowest BCUT2D eigenvalue weighted by Gasteiger charge is -2.20. The minimum Gasteiger partial charge on any atom is -0.486 e. The molecule has 29 heavy (non-hydrogen) atoms. The second kappa shape index (κ2) is 9.87. The maximum atomic E-state index is 12.9. The summed E-state index contributed by atoms with van der Waals surface area (Å²) >= 11 is 7.24. The molecule has 2 aromatic carbocycles. The van der Waals surface area contributed by atoms with Crippen molar-refractivity contribution in [3.63, 3.8) is 0 Å². The second-order valence-corrected chi connectivity index (χ2v) is 7.53. The first-order chi connectivity index (χ1) is 14.1. The molecule has 0 spiro atoms. The van der Waals surface area contributed by atoms with Crippen LogP contribution >= 0.6 is 22.9 Å². The number of carbonyl (C=O) groups excluding carboxylic acids is 1. The van der Waals surface area contributed by atoms with Crippen LogP contribution in [0.15, 0.2) is 66.6 Å². The van der Waals surface area contributed by atoms with E-state index in [2.05, 4.69) is 17.6 Å². The van der Waals surface area contributed by atoms with Crippen molar-refractivity contribution >= 4 is 28.8 Å². The number of hydrogen-bond donors (Lipinski definition) is 0. The quantitative estimate of drug-likeness (QED) is 0.474. The Bertz CT molecular complexity index is 1020. The van der Waals surface area contributed by atoms with Crippen molar-refractivity contribution < 1.29 is 9.53 Å². The Morgan fingerprint density at radius 2 is 1.97 bits per heavy atom. The maximum Gasteiger partial charge on any atom is 0.273 e. The molecule has 0 unspecified atom stereocenters. The van der Waals surface area contributed by atoms with Crippen molar-refractivity contribution in [3.05, 3.63) is 93.4 Å². The highest BCUT2D eigenvalue weighted by Gasteiger charge is 2.18. The smallest absolute Gasteiger partial charge is 0.273 e. The number of hydrogen-bond acceptors (Lipinski definition) is 5. The Morgan fingerprint density at radius 3 is 2.62 bits per heavy atom. The number of aromatic nitrogens is 1. The maximum absolute atomic E-state index is 12.9. The van der Waals surface area contributed by atoms with Crippen LogP contribution in [-0.2, 0) is 13.2 Å². The Morgan fingerprint density at radius 1 is 1.24 bits per heavy atom. The Labute approximate surface area is 178 Å². The molecule has 1 heterocycles. The molecule has 0 aliphatic heterocycles. The zero-order valence-corrected chi connectivity index (χ0v) is 17.1. The summed E-state index contributed by atoms with van der Waals surface area (Å²) < 4.78 is 5.69. The first-order valence-electron chi connectivity index (χ1n) is 8.81. The minimum absolute atomic E-state index is 0.178. The van der Waals surface area contributed by atoms with Gasteiger partial charge in [0.05, 0.1) is 11.6 Å². The molecule has 0 radical (unpaired) electrons. The number of nitrogens with zero attached hydrogens (tertiary/aromatic N) is 3. The van der Waals surface area contributed by atoms with E-state index in [0.717, 1.165) is 5.56 Å². The molecule has 0 saturated heterocycles. The van der Waals surface area contributed by atoms with E-state index in [0.29, 0.717) is 40.1 Å². The third-order valence-electron chi connectivity index (χ3n) is 4.04. The van der Waals surface area contributed by atoms with Gasteiger partial charge < -0.3 is 9.64 Å². The van der Waals surface area contributed by atoms with Crippen LogP contribution < -0.4 is 4.74 Å². The van der Waals surface area contributed by atoms with Crippen molar-refractivity contribution in [2.45, 2.75) is 13.2 Å². The third-order valence-corrected chi connectivity index (χ3v) is 5.11. The van der Waals surface area contributed by atoms with E-state index in [-0.39, 0.29) is 12.5 Å². The normalized spacial score (nSPS) is 10.2. The zero-order chi connectivity index (χ0) is 20.6. The van der Waals surface area contributed by atoms with E-state index >= 15 is 0 Å². The highest BCUT2D eigenvalue weighted by molar-refractivity contribution is 7.09. The van der Waals surface area contributed by atoms with Gasteiger partial charge in [-0.25, -0.2) is 4.98 Å². The molecular weight excluding hydrogens is 406 g/mol. The van der Waals surface area contributed by atoms with Crippen LogP contribution in [0.4, 0.5) is 0 Å². The van der Waals surface area contributed by atoms with E-state index < -0.39 is 0 Å². The van der Waals surface area contributed by atoms with Crippen molar-refractivity contribution in [2.24, 2.45) is 0 Å². The summed E-state index contributed by atoms with van der Waals surface area (Å²) in [6.45, 7) is 4.81. The van der Waals surface area contributed by atoms with E-state index in [1.807, 2.05) is 12.1 Å². The van der Waals surface area contributed by atoms with Gasteiger partial charge in [0, 0.05) is 23.5 Å². The van der Waals surface area contributed by atoms with Gasteiger partial charge in [0.1, 0.15) is 23.1 Å². The topological polar surface area (TPSA) is 66.2 Å². The van der Waals surface area contributed by atoms with Crippen LogP contribution in [0.25, 0.3) is 0 Å². The van der Waals surface area contributed by atoms with Gasteiger partial charge in [0.15, 0.2) is 0 Å². The molecule has 1 aromatic heterocycles. The van der Waals surface area contributed by atoms with E-state index in [4.69, 9.17) is 21.6 Å². The fraction of sp³-hybridized carbons (Fsp3) is 0.136. The number of ether oxygens (including phenoxy) is 1. The van der Waals surface area contributed by atoms with Crippen LogP contribution in [0.3, 0.4) is 0 Å². The number of thiazole rings is 1. The standard InChI is InChI=1S/C22H18ClN3O2S/c1-2-11-26(13-17-5-3-16(12-24)4-6-17)22(27)20-15-29-21(25-20)14-28-19-9-7-18(23)8-10-19/h2-10,15H,1,11,13-14H2. The molecule has 0 fully saturated rings. The molecule has 0 N–H and O–H groups in total. The zero-order valence-electron chi connectivity index (χ0n) is 15.5. The molecule has 146 valence electrons. The molecule has 0 bridgehead atoms. The summed E-state index contributed by atoms with van der Waals surface area (Å²) in [4.78, 5) is 19.0. The number of halogens is 1. The molecule has 3 rings (SSSR count). The fourth-order valence-corrected chi connectivity index (χ4v) is 3.40. The lowest BCUT2D eigenvalue weighted by atomic mass is 10.1. The van der Waals surface area contributed by atoms with Crippen LogP contribution in [-0.4, -0.2) is 22.3 Å². The van der Waals surface area contributed by atoms with E-state index in [1.54, 1.807) is 52.8 Å². The van der Waals surface area contributed by atoms with Gasteiger partial charge in [-0.15, -0.1) is 17.9 Å². The van der Waals surface area contributed by atoms with E-state index in [9.17, 15) is 4.79 Å². The predicted molar refractivity (Wildman–Crippen MR) is 114 cm³/mol. The fourth-order valence-electron chi connectivity index (χ4n) is 2.59. The molecule has 0 saturated carbocycles. The molecular formula is C22H18ClN3O2S. The molecule has 3 aromatic rings. The summed E-state index contributed by atoms with van der Waals surface area (Å²) in [6.07, 6.45) is 1.68. The van der Waals surface area contributed by atoms with Crippen LogP contribution in [0.1, 0.15) is 26.6 Å². The van der Waals surface area contributed by atoms with Crippen molar-refractivity contribution in [1.29, 1.82) is 5.26 Å². The Hall–Kier alpha value is -3.14. The van der Waals surface area contributed by atoms with Gasteiger partial charge in [0.25, 0.3) is 5.91 Å². The SMILES string of the molecule is C=CCN(Cc1ccc(C#N)cc1)C(=O)c1csc(COc2ccc(Cl)cc2)n1. The second-order valence-electron chi connectivity index (χ2n) is 6.15. The molecule has 1 amide bonds. The molecule has 0 aliphatic carbocycles. The van der Waals surface area contributed by atoms with Gasteiger partial charge in [-0.3, -0.25) is 4.79 Å². The molecule has 5 nitrogen and oxygen atoms in total. The predicted octanol–water partition coefficient (Wildman–Crippen LogP) is 5.08. The summed E-state index contributed by atoms with van der Waals surface area (Å²) in [5, 5.41) is 12.0. The highest BCUT2D eigenvalue weighted by Crippen LogP contribution is 2.19. The lowest BCUT2D eigenvalue weighted by Crippen LogP contribution is -2.31. The Balaban J connectivity index is 1.65. The van der Waals surface area contributed by atoms with Crippen molar-refractivity contribution in [2.75, 3.05) is 6.54 Å². The summed E-state index contributed by atoms with van der Waals surface area (Å²) in [5.41, 5.74) is 1.89. The van der Waals surface area contributed by atoms with Crippen LogP contribution in [0, 0.1) is 11.3 Å². The van der Waals surface area contributed by atoms with Gasteiger partial charge in [0.2, 0.25) is 0 Å². The number of rotatable bonds is 8. The monoisotopic (exact) mass is 423 g/mol. The Kier molecular flexibility index (Phi) is 7.01. The average molecular weight is 424 g/mol. The third kappa shape index (κ3) is 5.67. The summed E-state index contributed by atoms with van der Waals surface area (Å²) in [6, 6.07) is 16.3. The number of carbonyl (C=O) groups is 1. The van der Waals surface area contributed by atoms with Gasteiger partial charge >= 0.3 is 0 Å². The van der Waals surface area contributed by atoms with Gasteiger partial charge in [-0.1, -0.05) is 29.8 Å². The van der Waals surface area contributed by atoms with Crippen LogP contribution in [0.2, 0.25) is 5.02 Å². The largest absolute Gasteiger partial charge is 0.486 e. The van der Waals surface area contributed by atoms with E-state index in [1.165, 1.54) is 11.3 Å². The number of nitriles is 1. The first kappa shape index (κ1) is 20.6. The van der Waals surface area contributed by atoms with Gasteiger partial charge in [-0.05, 0) is 42.0 Å². The van der Waals surface area contributed by atoms with Gasteiger partial charge in [-0.2, -0.15) is 5.26 Å². The van der Waals surface area contributed by atoms with Crippen LogP contribution in [0.5, 0.6) is 5.75 Å². The minimum atomic E-state index is -0.178. The average Bonchev–Trinajstić information content (AvgIpc) is 3.22. The molecule has 0 atom stereocenters. The number of benzene rings is 2. The van der Waals surface area contributed by atoms with Crippen molar-refractivity contribution in [1.82, 2.24) is 9.88 Å². The first-order valence-corrected chi connectivity index (χ1v) is 10.1. The number of amides is 1. The highest BCUT2D eigenvalue weighted by atomic mass is 35.5. The lowest BCUT2D eigenvalue weighted by molar-refractivity contribution is 0.0757. The molecule has 0 aliphatic rings. The van der Waals surface area contributed by atoms with Crippen molar-refractivity contribution in [3.8, 4) is 11.8 Å². The summed E-state index contributed by atoms with van der Waals surface area (Å²) in [5.74, 6) is 0.509. The molecule has 7 heteroatoms. The summed E-state index contributed by atoms with van der Waals surface area (Å²) in [7, 11) is 0.